The van der Waals surface area contributed by atoms with Gasteiger partial charge in [0.1, 0.15) is 6.54 Å². The second-order valence-electron chi connectivity index (χ2n) is 7.31. The Kier molecular flexibility index (Phi) is 6.31. The van der Waals surface area contributed by atoms with E-state index in [9.17, 15) is 14.4 Å². The maximum absolute atomic E-state index is 13.1. The molecule has 1 aliphatic heterocycles. The molecule has 1 unspecified atom stereocenters. The number of aryl methyl sites for hydroxylation is 1. The van der Waals surface area contributed by atoms with Crippen molar-refractivity contribution < 1.29 is 23.9 Å². The Labute approximate surface area is 169 Å². The Morgan fingerprint density at radius 3 is 2.59 bits per heavy atom. The highest BCUT2D eigenvalue weighted by Gasteiger charge is 2.30. The van der Waals surface area contributed by atoms with Gasteiger partial charge in [-0.05, 0) is 26.2 Å². The van der Waals surface area contributed by atoms with Gasteiger partial charge in [-0.3, -0.25) is 14.4 Å². The van der Waals surface area contributed by atoms with Crippen LogP contribution in [0.3, 0.4) is 0 Å². The van der Waals surface area contributed by atoms with Crippen molar-refractivity contribution in [2.75, 3.05) is 19.6 Å². The molecule has 1 fully saturated rings. The Morgan fingerprint density at radius 2 is 1.93 bits per heavy atom. The van der Waals surface area contributed by atoms with E-state index < -0.39 is 5.97 Å². The summed E-state index contributed by atoms with van der Waals surface area (Å²) in [5.41, 5.74) is 2.16. The standard InChI is InChI=1S/C21H25N3O5/c1-14-5-7-16(8-6-14)20-19(22-13-29-20)21(28)23-10-3-4-17(9-11-23)24(15(2)25)12-18(26)27/h5-8,13,17H,3-4,9-12H2,1-2H3,(H,26,27). The number of rotatable bonds is 5. The van der Waals surface area contributed by atoms with Crippen molar-refractivity contribution >= 4 is 17.8 Å². The van der Waals surface area contributed by atoms with Gasteiger partial charge in [-0.2, -0.15) is 0 Å². The average molecular weight is 399 g/mol. The smallest absolute Gasteiger partial charge is 0.323 e. The maximum atomic E-state index is 13.1. The molecule has 1 aromatic carbocycles. The lowest BCUT2D eigenvalue weighted by molar-refractivity contribution is -0.145. The quantitative estimate of drug-likeness (QED) is 0.829. The molecular weight excluding hydrogens is 374 g/mol. The van der Waals surface area contributed by atoms with E-state index in [1.54, 1.807) is 4.90 Å². The molecule has 2 amide bonds. The van der Waals surface area contributed by atoms with Gasteiger partial charge in [-0.25, -0.2) is 4.98 Å². The zero-order valence-corrected chi connectivity index (χ0v) is 16.6. The van der Waals surface area contributed by atoms with E-state index in [2.05, 4.69) is 4.98 Å². The predicted octanol–water partition coefficient (Wildman–Crippen LogP) is 2.58. The molecule has 1 aliphatic rings. The van der Waals surface area contributed by atoms with Gasteiger partial charge in [-0.15, -0.1) is 0 Å². The van der Waals surface area contributed by atoms with Crippen LogP contribution < -0.4 is 0 Å². The predicted molar refractivity (Wildman–Crippen MR) is 105 cm³/mol. The zero-order valence-electron chi connectivity index (χ0n) is 16.6. The van der Waals surface area contributed by atoms with E-state index in [4.69, 9.17) is 9.52 Å². The largest absolute Gasteiger partial charge is 0.480 e. The molecule has 8 nitrogen and oxygen atoms in total. The van der Waals surface area contributed by atoms with Crippen molar-refractivity contribution in [3.63, 3.8) is 0 Å². The molecule has 29 heavy (non-hydrogen) atoms. The molecule has 2 heterocycles. The normalized spacial score (nSPS) is 16.9. The second-order valence-corrected chi connectivity index (χ2v) is 7.31. The molecule has 1 aromatic heterocycles. The van der Waals surface area contributed by atoms with E-state index >= 15 is 0 Å². The minimum absolute atomic E-state index is 0.199. The number of carboxylic acid groups (broad SMARTS) is 1. The summed E-state index contributed by atoms with van der Waals surface area (Å²) in [5, 5.41) is 9.08. The van der Waals surface area contributed by atoms with Crippen LogP contribution in [0, 0.1) is 6.92 Å². The number of hydrogen-bond acceptors (Lipinski definition) is 5. The summed E-state index contributed by atoms with van der Waals surface area (Å²) in [6.45, 7) is 3.98. The molecule has 0 aliphatic carbocycles. The van der Waals surface area contributed by atoms with E-state index in [0.29, 0.717) is 38.1 Å². The summed E-state index contributed by atoms with van der Waals surface area (Å²) in [6.07, 6.45) is 3.13. The third kappa shape index (κ3) is 4.82. The summed E-state index contributed by atoms with van der Waals surface area (Å²) in [7, 11) is 0. The van der Waals surface area contributed by atoms with Crippen LogP contribution in [0.1, 0.15) is 42.2 Å². The number of carboxylic acids is 1. The first-order chi connectivity index (χ1) is 13.9. The van der Waals surface area contributed by atoms with Crippen molar-refractivity contribution in [3.8, 4) is 11.3 Å². The highest BCUT2D eigenvalue weighted by atomic mass is 16.4. The summed E-state index contributed by atoms with van der Waals surface area (Å²) >= 11 is 0. The summed E-state index contributed by atoms with van der Waals surface area (Å²) in [6, 6.07) is 7.47. The number of aromatic nitrogens is 1. The first-order valence-corrected chi connectivity index (χ1v) is 9.65. The number of oxazole rings is 1. The lowest BCUT2D eigenvalue weighted by atomic mass is 10.1. The minimum Gasteiger partial charge on any atom is -0.480 e. The minimum atomic E-state index is -1.04. The molecule has 154 valence electrons. The highest BCUT2D eigenvalue weighted by molar-refractivity contribution is 5.97. The topological polar surface area (TPSA) is 104 Å². The number of likely N-dealkylation sites (tertiary alicyclic amines) is 1. The molecule has 8 heteroatoms. The van der Waals surface area contributed by atoms with Crippen molar-refractivity contribution in [1.29, 1.82) is 0 Å². The van der Waals surface area contributed by atoms with Crippen LogP contribution in [0.2, 0.25) is 0 Å². The number of carbonyl (C=O) groups is 3. The Morgan fingerprint density at radius 1 is 1.21 bits per heavy atom. The third-order valence-corrected chi connectivity index (χ3v) is 5.22. The molecule has 3 rings (SSSR count). The van der Waals surface area contributed by atoms with Crippen molar-refractivity contribution in [3.05, 3.63) is 41.9 Å². The Bertz CT molecular complexity index is 890. The van der Waals surface area contributed by atoms with Gasteiger partial charge in [0, 0.05) is 31.6 Å². The van der Waals surface area contributed by atoms with Gasteiger partial charge >= 0.3 is 5.97 Å². The van der Waals surface area contributed by atoms with Crippen LogP contribution >= 0.6 is 0 Å². The number of amides is 2. The molecule has 1 N–H and O–H groups in total. The number of carbonyl (C=O) groups excluding carboxylic acids is 2. The summed E-state index contributed by atoms with van der Waals surface area (Å²) in [4.78, 5) is 43.3. The van der Waals surface area contributed by atoms with Gasteiger partial charge in [0.25, 0.3) is 5.91 Å². The van der Waals surface area contributed by atoms with Crippen LogP contribution in [-0.4, -0.2) is 63.4 Å². The second kappa shape index (κ2) is 8.89. The molecule has 0 saturated carbocycles. The van der Waals surface area contributed by atoms with E-state index in [-0.39, 0.29) is 30.1 Å². The van der Waals surface area contributed by atoms with Crippen LogP contribution in [0.5, 0.6) is 0 Å². The number of nitrogens with zero attached hydrogens (tertiary/aromatic N) is 3. The Hall–Kier alpha value is -3.16. The average Bonchev–Trinajstić information content (AvgIpc) is 3.04. The fourth-order valence-corrected chi connectivity index (χ4v) is 3.69. The molecule has 1 atom stereocenters. The van der Waals surface area contributed by atoms with Gasteiger partial charge in [0.05, 0.1) is 0 Å². The molecule has 2 aromatic rings. The van der Waals surface area contributed by atoms with Gasteiger partial charge < -0.3 is 19.3 Å². The monoisotopic (exact) mass is 399 g/mol. The van der Waals surface area contributed by atoms with Gasteiger partial charge in [-0.1, -0.05) is 29.8 Å². The molecular formula is C21H25N3O5. The lowest BCUT2D eigenvalue weighted by Crippen LogP contribution is -2.43. The molecule has 0 bridgehead atoms. The van der Waals surface area contributed by atoms with Crippen LogP contribution in [-0.2, 0) is 9.59 Å². The fourth-order valence-electron chi connectivity index (χ4n) is 3.69. The number of aliphatic carboxylic acids is 1. The van der Waals surface area contributed by atoms with Crippen molar-refractivity contribution in [2.24, 2.45) is 0 Å². The van der Waals surface area contributed by atoms with E-state index in [1.807, 2.05) is 31.2 Å². The summed E-state index contributed by atoms with van der Waals surface area (Å²) < 4.78 is 5.49. The number of benzene rings is 1. The van der Waals surface area contributed by atoms with Crippen LogP contribution in [0.4, 0.5) is 0 Å². The van der Waals surface area contributed by atoms with E-state index in [0.717, 1.165) is 11.1 Å². The van der Waals surface area contributed by atoms with Crippen LogP contribution in [0.25, 0.3) is 11.3 Å². The molecule has 1 saturated heterocycles. The van der Waals surface area contributed by atoms with Crippen molar-refractivity contribution in [2.45, 2.75) is 39.2 Å². The number of hydrogen-bond donors (Lipinski definition) is 1. The maximum Gasteiger partial charge on any atom is 0.323 e. The highest BCUT2D eigenvalue weighted by Crippen LogP contribution is 2.26. The first kappa shape index (κ1) is 20.6. The van der Waals surface area contributed by atoms with Crippen LogP contribution in [0.15, 0.2) is 35.1 Å². The molecule has 0 spiro atoms. The van der Waals surface area contributed by atoms with Gasteiger partial charge in [0.15, 0.2) is 17.8 Å². The summed E-state index contributed by atoms with van der Waals surface area (Å²) in [5.74, 6) is -1.09. The zero-order chi connectivity index (χ0) is 21.0. The van der Waals surface area contributed by atoms with Gasteiger partial charge in [0.2, 0.25) is 5.91 Å². The SMILES string of the molecule is CC(=O)N(CC(=O)O)C1CCCN(C(=O)c2ncoc2-c2ccc(C)cc2)CC1. The van der Waals surface area contributed by atoms with Crippen molar-refractivity contribution in [1.82, 2.24) is 14.8 Å². The van der Waals surface area contributed by atoms with E-state index in [1.165, 1.54) is 18.2 Å². The lowest BCUT2D eigenvalue weighted by Gasteiger charge is -2.28. The first-order valence-electron chi connectivity index (χ1n) is 9.65. The molecule has 0 radical (unpaired) electrons. The Balaban J connectivity index is 1.73. The fraction of sp³-hybridized carbons (Fsp3) is 0.429. The third-order valence-electron chi connectivity index (χ3n) is 5.22.